The average Bonchev–Trinajstić information content (AvgIpc) is 2.66. The van der Waals surface area contributed by atoms with E-state index in [-0.39, 0.29) is 27.9 Å². The van der Waals surface area contributed by atoms with Crippen molar-refractivity contribution in [3.63, 3.8) is 0 Å². The summed E-state index contributed by atoms with van der Waals surface area (Å²) in [7, 11) is 0. The molecular formula is C18H16F3IN2O5. The van der Waals surface area contributed by atoms with Crippen LogP contribution in [0.3, 0.4) is 0 Å². The van der Waals surface area contributed by atoms with Crippen molar-refractivity contribution >= 4 is 28.5 Å². The lowest BCUT2D eigenvalue weighted by Gasteiger charge is -2.26. The van der Waals surface area contributed by atoms with Crippen molar-refractivity contribution in [2.45, 2.75) is 16.4 Å². The van der Waals surface area contributed by atoms with Gasteiger partial charge in [0.2, 0.25) is 0 Å². The van der Waals surface area contributed by atoms with Crippen LogP contribution in [0.25, 0.3) is 11.1 Å². The minimum atomic E-state index is -4.83. The third-order valence-electron chi connectivity index (χ3n) is 4.08. The number of aromatic amines is 1. The topological polar surface area (TPSA) is 104 Å². The molecule has 3 rings (SSSR count). The van der Waals surface area contributed by atoms with Gasteiger partial charge in [0, 0.05) is 5.56 Å². The first-order valence-electron chi connectivity index (χ1n) is 8.40. The monoisotopic (exact) mass is 524 g/mol. The Morgan fingerprint density at radius 1 is 1.28 bits per heavy atom. The SMILES string of the molecule is NC(=O)c1cc(-c2ccc(OC[C@H]3COC[C@H](I)O3)cc2)c(C(F)(F)F)[nH]c1=O. The Bertz CT molecular complexity index is 946. The van der Waals surface area contributed by atoms with Crippen LogP contribution in [0.4, 0.5) is 13.2 Å². The first kappa shape index (κ1) is 21.6. The van der Waals surface area contributed by atoms with Gasteiger partial charge in [-0.15, -0.1) is 0 Å². The molecule has 156 valence electrons. The van der Waals surface area contributed by atoms with E-state index in [4.69, 9.17) is 19.9 Å². The van der Waals surface area contributed by atoms with Crippen LogP contribution in [0.15, 0.2) is 35.1 Å². The zero-order valence-electron chi connectivity index (χ0n) is 14.8. The Hall–Kier alpha value is -2.12. The van der Waals surface area contributed by atoms with E-state index in [1.54, 1.807) is 4.98 Å². The third kappa shape index (κ3) is 5.28. The van der Waals surface area contributed by atoms with Crippen molar-refractivity contribution in [3.05, 3.63) is 51.9 Å². The van der Waals surface area contributed by atoms with Gasteiger partial charge in [-0.2, -0.15) is 13.2 Å². The highest BCUT2D eigenvalue weighted by Gasteiger charge is 2.36. The molecule has 0 saturated carbocycles. The molecule has 2 atom stereocenters. The highest BCUT2D eigenvalue weighted by molar-refractivity contribution is 14.1. The molecule has 11 heteroatoms. The van der Waals surface area contributed by atoms with E-state index in [2.05, 4.69) is 22.6 Å². The Morgan fingerprint density at radius 2 is 1.97 bits per heavy atom. The number of H-pyrrole nitrogens is 1. The highest BCUT2D eigenvalue weighted by atomic mass is 127. The predicted octanol–water partition coefficient (Wildman–Crippen LogP) is 2.71. The van der Waals surface area contributed by atoms with E-state index < -0.39 is 28.9 Å². The number of ether oxygens (including phenoxy) is 3. The summed E-state index contributed by atoms with van der Waals surface area (Å²) in [5.74, 6) is -0.703. The largest absolute Gasteiger partial charge is 0.491 e. The summed E-state index contributed by atoms with van der Waals surface area (Å²) in [5.41, 5.74) is 1.83. The number of hydrogen-bond donors (Lipinski definition) is 2. The Balaban J connectivity index is 1.84. The van der Waals surface area contributed by atoms with Crippen molar-refractivity contribution in [3.8, 4) is 16.9 Å². The highest BCUT2D eigenvalue weighted by Crippen LogP contribution is 2.35. The maximum atomic E-state index is 13.3. The van der Waals surface area contributed by atoms with Crippen LogP contribution in [0.5, 0.6) is 5.75 Å². The molecular weight excluding hydrogens is 508 g/mol. The van der Waals surface area contributed by atoms with Crippen LogP contribution in [-0.2, 0) is 15.7 Å². The van der Waals surface area contributed by atoms with Crippen molar-refractivity contribution in [1.82, 2.24) is 4.98 Å². The van der Waals surface area contributed by atoms with E-state index in [9.17, 15) is 22.8 Å². The molecule has 7 nitrogen and oxygen atoms in total. The summed E-state index contributed by atoms with van der Waals surface area (Å²) in [4.78, 5) is 24.8. The molecule has 1 aliphatic heterocycles. The fraction of sp³-hybridized carbons (Fsp3) is 0.333. The second kappa shape index (κ2) is 8.71. The molecule has 0 unspecified atom stereocenters. The minimum Gasteiger partial charge on any atom is -0.491 e. The van der Waals surface area contributed by atoms with Gasteiger partial charge in [0.1, 0.15) is 33.8 Å². The fourth-order valence-electron chi connectivity index (χ4n) is 2.75. The van der Waals surface area contributed by atoms with Crippen LogP contribution >= 0.6 is 22.6 Å². The van der Waals surface area contributed by atoms with Crippen molar-refractivity contribution in [2.24, 2.45) is 5.73 Å². The van der Waals surface area contributed by atoms with E-state index >= 15 is 0 Å². The number of nitrogens with two attached hydrogens (primary N) is 1. The molecule has 29 heavy (non-hydrogen) atoms. The van der Waals surface area contributed by atoms with Gasteiger partial charge in [-0.25, -0.2) is 0 Å². The summed E-state index contributed by atoms with van der Waals surface area (Å²) in [6.07, 6.45) is -5.08. The first-order valence-corrected chi connectivity index (χ1v) is 9.64. The summed E-state index contributed by atoms with van der Waals surface area (Å²) >= 11 is 2.10. The zero-order chi connectivity index (χ0) is 21.2. The second-order valence-electron chi connectivity index (χ2n) is 6.20. The predicted molar refractivity (Wildman–Crippen MR) is 105 cm³/mol. The molecule has 1 amide bonds. The van der Waals surface area contributed by atoms with E-state index in [0.717, 1.165) is 6.07 Å². The maximum Gasteiger partial charge on any atom is 0.431 e. The van der Waals surface area contributed by atoms with Crippen molar-refractivity contribution in [2.75, 3.05) is 19.8 Å². The summed E-state index contributed by atoms with van der Waals surface area (Å²) < 4.78 is 56.6. The molecule has 1 aliphatic rings. The molecule has 0 bridgehead atoms. The molecule has 3 N–H and O–H groups in total. The van der Waals surface area contributed by atoms with Crippen LogP contribution in [0.1, 0.15) is 16.1 Å². The Labute approximate surface area is 176 Å². The van der Waals surface area contributed by atoms with Crippen molar-refractivity contribution in [1.29, 1.82) is 0 Å². The third-order valence-corrected chi connectivity index (χ3v) is 4.74. The van der Waals surface area contributed by atoms with Crippen LogP contribution in [0, 0.1) is 0 Å². The van der Waals surface area contributed by atoms with Crippen LogP contribution in [0.2, 0.25) is 0 Å². The van der Waals surface area contributed by atoms with Gasteiger partial charge in [0.05, 0.1) is 13.2 Å². The summed E-state index contributed by atoms with van der Waals surface area (Å²) in [6.45, 7) is 1.11. The lowest BCUT2D eigenvalue weighted by atomic mass is 10.0. The first-order chi connectivity index (χ1) is 13.6. The van der Waals surface area contributed by atoms with E-state index in [0.29, 0.717) is 19.0 Å². The normalized spacial score (nSPS) is 19.7. The maximum absolute atomic E-state index is 13.3. The number of carbonyl (C=O) groups excluding carboxylic acids is 1. The number of benzene rings is 1. The van der Waals surface area contributed by atoms with E-state index in [1.807, 2.05) is 0 Å². The molecule has 2 heterocycles. The molecule has 1 saturated heterocycles. The van der Waals surface area contributed by atoms with Gasteiger partial charge in [0.25, 0.3) is 11.5 Å². The molecule has 1 fully saturated rings. The van der Waals surface area contributed by atoms with Gasteiger partial charge in [0.15, 0.2) is 0 Å². The number of alkyl halides is 4. The number of carbonyl (C=O) groups is 1. The lowest BCUT2D eigenvalue weighted by Crippen LogP contribution is -2.36. The van der Waals surface area contributed by atoms with Gasteiger partial charge < -0.3 is 24.9 Å². The minimum absolute atomic E-state index is 0.0715. The Morgan fingerprint density at radius 3 is 2.55 bits per heavy atom. The van der Waals surface area contributed by atoms with Crippen LogP contribution < -0.4 is 16.0 Å². The lowest BCUT2D eigenvalue weighted by molar-refractivity contribution is -0.140. The van der Waals surface area contributed by atoms with Crippen molar-refractivity contribution < 1.29 is 32.2 Å². The zero-order valence-corrected chi connectivity index (χ0v) is 17.0. The number of rotatable bonds is 5. The number of primary amides is 1. The number of pyridine rings is 1. The molecule has 1 aromatic carbocycles. The van der Waals surface area contributed by atoms with Crippen LogP contribution in [-0.4, -0.2) is 40.9 Å². The second-order valence-corrected chi connectivity index (χ2v) is 7.59. The molecule has 2 aromatic rings. The summed E-state index contributed by atoms with van der Waals surface area (Å²) in [6, 6.07) is 6.59. The van der Waals surface area contributed by atoms with Gasteiger partial charge in [-0.3, -0.25) is 9.59 Å². The quantitative estimate of drug-likeness (QED) is 0.463. The number of nitrogens with one attached hydrogen (secondary N) is 1. The molecule has 0 aliphatic carbocycles. The van der Waals surface area contributed by atoms with E-state index in [1.165, 1.54) is 24.3 Å². The average molecular weight is 524 g/mol. The summed E-state index contributed by atoms with van der Waals surface area (Å²) in [5, 5.41) is 0. The van der Waals surface area contributed by atoms with Gasteiger partial charge in [-0.05, 0) is 46.4 Å². The van der Waals surface area contributed by atoms with Gasteiger partial charge in [-0.1, -0.05) is 12.1 Å². The molecule has 0 spiro atoms. The number of aromatic nitrogens is 1. The Kier molecular flexibility index (Phi) is 6.49. The number of hydrogen-bond acceptors (Lipinski definition) is 5. The number of amides is 1. The fourth-order valence-corrected chi connectivity index (χ4v) is 3.42. The molecule has 0 radical (unpaired) electrons. The number of halogens is 4. The smallest absolute Gasteiger partial charge is 0.431 e. The van der Waals surface area contributed by atoms with Gasteiger partial charge >= 0.3 is 6.18 Å². The molecule has 1 aromatic heterocycles. The standard InChI is InChI=1S/C18H16F3IN2O5/c19-18(20,21)15-12(5-13(16(23)25)17(26)24-15)9-1-3-10(4-2-9)28-7-11-6-27-8-14(22)29-11/h1-5,11,14H,6-8H2,(H2,23,25)(H,24,26)/t11-,14-/m1/s1.